The molecule has 1 heterocycles. The molecule has 0 amide bonds. The predicted octanol–water partition coefficient (Wildman–Crippen LogP) is 3.21. The van der Waals surface area contributed by atoms with E-state index in [1.807, 2.05) is 12.4 Å². The van der Waals surface area contributed by atoms with Crippen molar-refractivity contribution in [2.45, 2.75) is 44.6 Å². The summed E-state index contributed by atoms with van der Waals surface area (Å²) in [5.41, 5.74) is 1.42. The van der Waals surface area contributed by atoms with Crippen molar-refractivity contribution in [1.29, 1.82) is 0 Å². The summed E-state index contributed by atoms with van der Waals surface area (Å²) in [6.45, 7) is 2.36. The lowest BCUT2D eigenvalue weighted by Crippen LogP contribution is -2.40. The van der Waals surface area contributed by atoms with Crippen LogP contribution in [0.15, 0.2) is 24.5 Å². The molecule has 98 valence electrons. The molecule has 5 atom stereocenters. The Morgan fingerprint density at radius 1 is 1.22 bits per heavy atom. The normalized spacial score (nSPS) is 33.6. The Kier molecular flexibility index (Phi) is 3.38. The van der Waals surface area contributed by atoms with Crippen LogP contribution in [-0.4, -0.2) is 18.1 Å². The Morgan fingerprint density at radius 2 is 2.00 bits per heavy atom. The fourth-order valence-corrected chi connectivity index (χ4v) is 4.44. The van der Waals surface area contributed by atoms with E-state index >= 15 is 0 Å². The maximum absolute atomic E-state index is 4.13. The SMILES string of the molecule is CNC(C(C)c1ccncc1)C1CC2CCC1C2. The van der Waals surface area contributed by atoms with Gasteiger partial charge in [0.15, 0.2) is 0 Å². The molecular formula is C16H24N2. The van der Waals surface area contributed by atoms with Crippen molar-refractivity contribution in [3.8, 4) is 0 Å². The van der Waals surface area contributed by atoms with Crippen LogP contribution >= 0.6 is 0 Å². The Balaban J connectivity index is 1.76. The lowest BCUT2D eigenvalue weighted by Gasteiger charge is -2.34. The van der Waals surface area contributed by atoms with Crippen LogP contribution in [-0.2, 0) is 0 Å². The minimum absolute atomic E-state index is 0.586. The van der Waals surface area contributed by atoms with Gasteiger partial charge in [-0.15, -0.1) is 0 Å². The summed E-state index contributed by atoms with van der Waals surface area (Å²) in [7, 11) is 2.13. The molecule has 0 saturated heterocycles. The van der Waals surface area contributed by atoms with E-state index < -0.39 is 0 Å². The molecule has 2 nitrogen and oxygen atoms in total. The van der Waals surface area contributed by atoms with Crippen molar-refractivity contribution in [1.82, 2.24) is 10.3 Å². The largest absolute Gasteiger partial charge is 0.316 e. The molecule has 1 aromatic heterocycles. The van der Waals surface area contributed by atoms with Gasteiger partial charge in [-0.1, -0.05) is 13.3 Å². The lowest BCUT2D eigenvalue weighted by molar-refractivity contribution is 0.235. The molecule has 0 radical (unpaired) electrons. The van der Waals surface area contributed by atoms with Gasteiger partial charge < -0.3 is 5.32 Å². The first-order valence-corrected chi connectivity index (χ1v) is 7.36. The molecule has 2 bridgehead atoms. The zero-order chi connectivity index (χ0) is 12.5. The highest BCUT2D eigenvalue weighted by Gasteiger charge is 2.44. The van der Waals surface area contributed by atoms with Crippen LogP contribution in [0.4, 0.5) is 0 Å². The molecule has 0 aliphatic heterocycles. The molecule has 2 aliphatic rings. The number of nitrogens with zero attached hydrogens (tertiary/aromatic N) is 1. The quantitative estimate of drug-likeness (QED) is 0.879. The van der Waals surface area contributed by atoms with Crippen LogP contribution < -0.4 is 5.32 Å². The number of rotatable bonds is 4. The third-order valence-corrected chi connectivity index (χ3v) is 5.36. The van der Waals surface area contributed by atoms with Crippen molar-refractivity contribution < 1.29 is 0 Å². The molecular weight excluding hydrogens is 220 g/mol. The first-order valence-electron chi connectivity index (χ1n) is 7.36. The summed E-state index contributed by atoms with van der Waals surface area (Å²) in [6, 6.07) is 4.97. The van der Waals surface area contributed by atoms with Gasteiger partial charge in [-0.05, 0) is 67.7 Å². The highest BCUT2D eigenvalue weighted by molar-refractivity contribution is 5.18. The molecule has 1 aromatic rings. The Bertz CT molecular complexity index is 389. The van der Waals surface area contributed by atoms with E-state index in [9.17, 15) is 0 Å². The second kappa shape index (κ2) is 5.00. The van der Waals surface area contributed by atoms with Gasteiger partial charge in [0, 0.05) is 18.4 Å². The molecule has 0 aromatic carbocycles. The summed E-state index contributed by atoms with van der Waals surface area (Å²) < 4.78 is 0. The van der Waals surface area contributed by atoms with Crippen molar-refractivity contribution in [3.05, 3.63) is 30.1 Å². The zero-order valence-electron chi connectivity index (χ0n) is 11.5. The predicted molar refractivity (Wildman–Crippen MR) is 74.4 cm³/mol. The number of hydrogen-bond acceptors (Lipinski definition) is 2. The molecule has 2 fully saturated rings. The van der Waals surface area contributed by atoms with E-state index in [2.05, 4.69) is 36.4 Å². The molecule has 5 unspecified atom stereocenters. The molecule has 1 N–H and O–H groups in total. The Morgan fingerprint density at radius 3 is 2.56 bits per heavy atom. The minimum atomic E-state index is 0.586. The second-order valence-corrected chi connectivity index (χ2v) is 6.22. The van der Waals surface area contributed by atoms with E-state index in [-0.39, 0.29) is 0 Å². The summed E-state index contributed by atoms with van der Waals surface area (Å²) >= 11 is 0. The Hall–Kier alpha value is -0.890. The number of pyridine rings is 1. The molecule has 2 heteroatoms. The van der Waals surface area contributed by atoms with E-state index in [0.717, 1.165) is 17.8 Å². The summed E-state index contributed by atoms with van der Waals surface area (Å²) in [6.07, 6.45) is 9.73. The van der Waals surface area contributed by atoms with Gasteiger partial charge >= 0.3 is 0 Å². The third-order valence-electron chi connectivity index (χ3n) is 5.36. The number of hydrogen-bond donors (Lipinski definition) is 1. The molecule has 3 rings (SSSR count). The number of fused-ring (bicyclic) bond motifs is 2. The van der Waals surface area contributed by atoms with Gasteiger partial charge in [0.25, 0.3) is 0 Å². The maximum Gasteiger partial charge on any atom is 0.0270 e. The standard InChI is InChI=1S/C16H24N2/c1-11(13-5-7-18-8-6-13)16(17-2)15-10-12-3-4-14(15)9-12/h5-8,11-12,14-17H,3-4,9-10H2,1-2H3. The fourth-order valence-electron chi connectivity index (χ4n) is 4.44. The van der Waals surface area contributed by atoms with E-state index in [1.165, 1.54) is 31.2 Å². The number of aromatic nitrogens is 1. The van der Waals surface area contributed by atoms with E-state index in [4.69, 9.17) is 0 Å². The lowest BCUT2D eigenvalue weighted by atomic mass is 9.77. The summed E-state index contributed by atoms with van der Waals surface area (Å²) in [4.78, 5) is 4.13. The van der Waals surface area contributed by atoms with E-state index in [1.54, 1.807) is 0 Å². The van der Waals surface area contributed by atoms with Crippen LogP contribution in [0.2, 0.25) is 0 Å². The molecule has 18 heavy (non-hydrogen) atoms. The fraction of sp³-hybridized carbons (Fsp3) is 0.688. The monoisotopic (exact) mass is 244 g/mol. The minimum Gasteiger partial charge on any atom is -0.316 e. The van der Waals surface area contributed by atoms with Crippen LogP contribution in [0, 0.1) is 17.8 Å². The smallest absolute Gasteiger partial charge is 0.0270 e. The topological polar surface area (TPSA) is 24.9 Å². The van der Waals surface area contributed by atoms with Gasteiger partial charge in [0.1, 0.15) is 0 Å². The van der Waals surface area contributed by atoms with Crippen LogP contribution in [0.3, 0.4) is 0 Å². The average molecular weight is 244 g/mol. The number of likely N-dealkylation sites (N-methyl/N-ethyl adjacent to an activating group) is 1. The van der Waals surface area contributed by atoms with E-state index in [0.29, 0.717) is 12.0 Å². The van der Waals surface area contributed by atoms with Gasteiger partial charge in [-0.2, -0.15) is 0 Å². The molecule has 0 spiro atoms. The van der Waals surface area contributed by atoms with Crippen LogP contribution in [0.25, 0.3) is 0 Å². The van der Waals surface area contributed by atoms with Crippen molar-refractivity contribution >= 4 is 0 Å². The highest BCUT2D eigenvalue weighted by Crippen LogP contribution is 2.51. The van der Waals surface area contributed by atoms with Crippen LogP contribution in [0.1, 0.15) is 44.1 Å². The second-order valence-electron chi connectivity index (χ2n) is 6.22. The van der Waals surface area contributed by atoms with Gasteiger partial charge in [-0.3, -0.25) is 4.98 Å². The van der Waals surface area contributed by atoms with Crippen molar-refractivity contribution in [2.24, 2.45) is 17.8 Å². The third kappa shape index (κ3) is 2.07. The summed E-state index contributed by atoms with van der Waals surface area (Å²) in [5.74, 6) is 3.48. The summed E-state index contributed by atoms with van der Waals surface area (Å²) in [5, 5.41) is 3.61. The molecule has 2 aliphatic carbocycles. The average Bonchev–Trinajstić information content (AvgIpc) is 3.03. The Labute approximate surface area is 110 Å². The first-order chi connectivity index (χ1) is 8.79. The van der Waals surface area contributed by atoms with Gasteiger partial charge in [-0.25, -0.2) is 0 Å². The van der Waals surface area contributed by atoms with Crippen LogP contribution in [0.5, 0.6) is 0 Å². The first kappa shape index (κ1) is 12.2. The highest BCUT2D eigenvalue weighted by atomic mass is 14.9. The van der Waals surface area contributed by atoms with Crippen molar-refractivity contribution in [3.63, 3.8) is 0 Å². The van der Waals surface area contributed by atoms with Gasteiger partial charge in [0.2, 0.25) is 0 Å². The van der Waals surface area contributed by atoms with Gasteiger partial charge in [0.05, 0.1) is 0 Å². The maximum atomic E-state index is 4.13. The number of nitrogens with one attached hydrogen (secondary N) is 1. The van der Waals surface area contributed by atoms with Crippen molar-refractivity contribution in [2.75, 3.05) is 7.05 Å². The zero-order valence-corrected chi connectivity index (χ0v) is 11.5. The molecule has 2 saturated carbocycles.